The van der Waals surface area contributed by atoms with E-state index in [1.165, 1.54) is 4.90 Å². The van der Waals surface area contributed by atoms with E-state index in [1.807, 2.05) is 26.0 Å². The normalized spacial score (nSPS) is 26.1. The Balaban J connectivity index is 2.06. The number of halogens is 1. The molecule has 0 radical (unpaired) electrons. The molecule has 4 heteroatoms. The van der Waals surface area contributed by atoms with Crippen LogP contribution in [0.1, 0.15) is 36.8 Å². The van der Waals surface area contributed by atoms with E-state index in [2.05, 4.69) is 15.9 Å². The minimum Gasteiger partial charge on any atom is -0.274 e. The lowest BCUT2D eigenvalue weighted by Gasteiger charge is -2.19. The van der Waals surface area contributed by atoms with E-state index < -0.39 is 0 Å². The number of nitrogens with zero attached hydrogens (tertiary/aromatic N) is 1. The summed E-state index contributed by atoms with van der Waals surface area (Å²) in [5.74, 6) is -0.201. The molecule has 2 amide bonds. The summed E-state index contributed by atoms with van der Waals surface area (Å²) in [6.07, 6.45) is 3.83. The summed E-state index contributed by atoms with van der Waals surface area (Å²) in [5.41, 5.74) is 2.83. The third-order valence-corrected chi connectivity index (χ3v) is 5.07. The molecule has 2 fully saturated rings. The average Bonchev–Trinajstić information content (AvgIpc) is 2.64. The molecule has 3 nitrogen and oxygen atoms in total. The topological polar surface area (TPSA) is 37.4 Å². The van der Waals surface area contributed by atoms with Crippen LogP contribution in [0, 0.1) is 25.7 Å². The highest BCUT2D eigenvalue weighted by Crippen LogP contribution is 2.43. The van der Waals surface area contributed by atoms with Crippen LogP contribution >= 0.6 is 15.9 Å². The van der Waals surface area contributed by atoms with E-state index in [0.29, 0.717) is 0 Å². The van der Waals surface area contributed by atoms with E-state index in [9.17, 15) is 9.59 Å². The number of aryl methyl sites for hydroxylation is 2. The van der Waals surface area contributed by atoms with Gasteiger partial charge in [0, 0.05) is 4.47 Å². The standard InChI is InChI=1S/C16H18BrNO2/c1-9-7-10(2)14(13(17)8-9)18-15(19)11-5-3-4-6-12(11)16(18)20/h7-8,11-12H,3-6H2,1-2H3. The molecular formula is C16H18BrNO2. The van der Waals surface area contributed by atoms with Crippen molar-refractivity contribution in [2.45, 2.75) is 39.5 Å². The van der Waals surface area contributed by atoms with Gasteiger partial charge in [0.1, 0.15) is 0 Å². The van der Waals surface area contributed by atoms with E-state index in [4.69, 9.17) is 0 Å². The van der Waals surface area contributed by atoms with E-state index in [-0.39, 0.29) is 23.7 Å². The highest BCUT2D eigenvalue weighted by molar-refractivity contribution is 9.10. The SMILES string of the molecule is Cc1cc(C)c(N2C(=O)C3CCCCC3C2=O)c(Br)c1. The predicted molar refractivity (Wildman–Crippen MR) is 81.6 cm³/mol. The number of hydrogen-bond donors (Lipinski definition) is 0. The van der Waals surface area contributed by atoms with E-state index >= 15 is 0 Å². The Morgan fingerprint density at radius 1 is 1.05 bits per heavy atom. The monoisotopic (exact) mass is 335 g/mol. The highest BCUT2D eigenvalue weighted by atomic mass is 79.9. The van der Waals surface area contributed by atoms with Crippen molar-refractivity contribution in [3.05, 3.63) is 27.7 Å². The van der Waals surface area contributed by atoms with Crippen LogP contribution in [0.4, 0.5) is 5.69 Å². The number of benzene rings is 1. The van der Waals surface area contributed by atoms with Crippen LogP contribution in [0.3, 0.4) is 0 Å². The van der Waals surface area contributed by atoms with Crippen molar-refractivity contribution in [1.82, 2.24) is 0 Å². The zero-order chi connectivity index (χ0) is 14.4. The lowest BCUT2D eigenvalue weighted by molar-refractivity contribution is -0.122. The number of fused-ring (bicyclic) bond motifs is 1. The van der Waals surface area contributed by atoms with Crippen LogP contribution in [-0.2, 0) is 9.59 Å². The maximum absolute atomic E-state index is 12.6. The number of hydrogen-bond acceptors (Lipinski definition) is 2. The summed E-state index contributed by atoms with van der Waals surface area (Å²) in [5, 5.41) is 0. The second kappa shape index (κ2) is 4.99. The summed E-state index contributed by atoms with van der Waals surface area (Å²) < 4.78 is 0.829. The molecule has 2 unspecified atom stereocenters. The first-order chi connectivity index (χ1) is 9.50. The zero-order valence-corrected chi connectivity index (χ0v) is 13.4. The Morgan fingerprint density at radius 2 is 1.60 bits per heavy atom. The molecule has 0 aromatic heterocycles. The van der Waals surface area contributed by atoms with Gasteiger partial charge in [-0.05, 0) is 59.8 Å². The van der Waals surface area contributed by atoms with Gasteiger partial charge in [0.15, 0.2) is 0 Å². The smallest absolute Gasteiger partial charge is 0.237 e. The van der Waals surface area contributed by atoms with Crippen molar-refractivity contribution < 1.29 is 9.59 Å². The molecular weight excluding hydrogens is 318 g/mol. The molecule has 1 saturated heterocycles. The van der Waals surface area contributed by atoms with E-state index in [1.54, 1.807) is 0 Å². The second-order valence-corrected chi connectivity index (χ2v) is 6.78. The Hall–Kier alpha value is -1.16. The number of carbonyl (C=O) groups is 2. The lowest BCUT2D eigenvalue weighted by Crippen LogP contribution is -2.31. The largest absolute Gasteiger partial charge is 0.274 e. The maximum atomic E-state index is 12.6. The molecule has 1 aliphatic heterocycles. The third kappa shape index (κ3) is 2.01. The molecule has 1 saturated carbocycles. The third-order valence-electron chi connectivity index (χ3n) is 4.46. The molecule has 0 spiro atoms. The average molecular weight is 336 g/mol. The fourth-order valence-electron chi connectivity index (χ4n) is 3.57. The van der Waals surface area contributed by atoms with Crippen LogP contribution in [-0.4, -0.2) is 11.8 Å². The summed E-state index contributed by atoms with van der Waals surface area (Å²) in [4.78, 5) is 26.7. The zero-order valence-electron chi connectivity index (χ0n) is 11.8. The molecule has 1 aliphatic carbocycles. The van der Waals surface area contributed by atoms with Crippen molar-refractivity contribution in [3.8, 4) is 0 Å². The van der Waals surface area contributed by atoms with Crippen molar-refractivity contribution in [2.24, 2.45) is 11.8 Å². The Labute approximate surface area is 127 Å². The highest BCUT2D eigenvalue weighted by Gasteiger charge is 2.49. The van der Waals surface area contributed by atoms with Crippen LogP contribution in [0.15, 0.2) is 16.6 Å². The van der Waals surface area contributed by atoms with Gasteiger partial charge in [-0.1, -0.05) is 18.9 Å². The fourth-order valence-corrected chi connectivity index (χ4v) is 4.43. The number of imide groups is 1. The summed E-state index contributed by atoms with van der Waals surface area (Å²) in [6.45, 7) is 3.96. The van der Waals surface area contributed by atoms with Crippen LogP contribution in [0.25, 0.3) is 0 Å². The maximum Gasteiger partial charge on any atom is 0.237 e. The predicted octanol–water partition coefficient (Wildman–Crippen LogP) is 3.75. The van der Waals surface area contributed by atoms with Gasteiger partial charge in [0.25, 0.3) is 0 Å². The molecule has 106 valence electrons. The van der Waals surface area contributed by atoms with Gasteiger partial charge in [0.2, 0.25) is 11.8 Å². The van der Waals surface area contributed by atoms with Gasteiger partial charge in [-0.15, -0.1) is 0 Å². The van der Waals surface area contributed by atoms with Crippen molar-refractivity contribution in [2.75, 3.05) is 4.90 Å². The van der Waals surface area contributed by atoms with Gasteiger partial charge in [-0.2, -0.15) is 0 Å². The van der Waals surface area contributed by atoms with Gasteiger partial charge in [0.05, 0.1) is 17.5 Å². The minimum atomic E-state index is -0.0937. The van der Waals surface area contributed by atoms with Gasteiger partial charge in [-0.3, -0.25) is 9.59 Å². The molecule has 2 atom stereocenters. The first-order valence-corrected chi connectivity index (χ1v) is 7.94. The van der Waals surface area contributed by atoms with Crippen molar-refractivity contribution in [3.63, 3.8) is 0 Å². The van der Waals surface area contributed by atoms with Gasteiger partial charge < -0.3 is 0 Å². The quantitative estimate of drug-likeness (QED) is 0.733. The summed E-state index contributed by atoms with van der Waals surface area (Å²) >= 11 is 3.52. The second-order valence-electron chi connectivity index (χ2n) is 5.92. The molecule has 1 heterocycles. The summed E-state index contributed by atoms with van der Waals surface area (Å²) in [6, 6.07) is 3.98. The molecule has 0 N–H and O–H groups in total. The molecule has 0 bridgehead atoms. The number of rotatable bonds is 1. The number of amides is 2. The molecule has 2 aliphatic rings. The van der Waals surface area contributed by atoms with Gasteiger partial charge in [-0.25, -0.2) is 4.90 Å². The summed E-state index contributed by atoms with van der Waals surface area (Å²) in [7, 11) is 0. The molecule has 20 heavy (non-hydrogen) atoms. The Bertz CT molecular complexity index is 549. The van der Waals surface area contributed by atoms with Crippen molar-refractivity contribution >= 4 is 33.4 Å². The Kier molecular flexibility index (Phi) is 3.44. The number of anilines is 1. The number of carbonyl (C=O) groups excluding carboxylic acids is 2. The molecule has 1 aromatic rings. The van der Waals surface area contributed by atoms with Crippen LogP contribution in [0.5, 0.6) is 0 Å². The van der Waals surface area contributed by atoms with Crippen LogP contribution < -0.4 is 4.90 Å². The molecule has 1 aromatic carbocycles. The Morgan fingerprint density at radius 3 is 2.10 bits per heavy atom. The first kappa shape index (κ1) is 13.8. The van der Waals surface area contributed by atoms with Crippen LogP contribution in [0.2, 0.25) is 0 Å². The minimum absolute atomic E-state index is 0.00708. The first-order valence-electron chi connectivity index (χ1n) is 7.15. The van der Waals surface area contributed by atoms with Crippen molar-refractivity contribution in [1.29, 1.82) is 0 Å². The molecule has 3 rings (SSSR count). The van der Waals surface area contributed by atoms with E-state index in [0.717, 1.165) is 47.0 Å². The van der Waals surface area contributed by atoms with Gasteiger partial charge >= 0.3 is 0 Å². The fraction of sp³-hybridized carbons (Fsp3) is 0.500. The lowest BCUT2D eigenvalue weighted by atomic mass is 9.81.